The molecule has 0 bridgehead atoms. The van der Waals surface area contributed by atoms with E-state index in [1.54, 1.807) is 0 Å². The average Bonchev–Trinajstić information content (AvgIpc) is 2.05. The molecule has 0 N–H and O–H groups in total. The molecule has 1 unspecified atom stereocenters. The molecule has 1 atom stereocenters. The number of hydrogen-bond donors (Lipinski definition) is 0. The molecule has 1 fully saturated rings. The summed E-state index contributed by atoms with van der Waals surface area (Å²) in [6.45, 7) is 1.82. The molecule has 54 valence electrons. The summed E-state index contributed by atoms with van der Waals surface area (Å²) in [4.78, 5) is 13.0. The summed E-state index contributed by atoms with van der Waals surface area (Å²) in [6, 6.07) is 0. The topological polar surface area (TPSA) is 20.3 Å². The number of hydrogen-bond acceptors (Lipinski definition) is 2. The maximum absolute atomic E-state index is 11.0. The predicted molar refractivity (Wildman–Crippen MR) is 41.0 cm³/mol. The molecule has 1 rings (SSSR count). The number of carbonyl (C=O) groups is 1. The van der Waals surface area contributed by atoms with Crippen molar-refractivity contribution in [2.75, 3.05) is 20.1 Å². The van der Waals surface area contributed by atoms with Crippen molar-refractivity contribution in [2.24, 2.45) is 5.92 Å². The SMILES string of the molecule is [3H]CN1CCCC([C](=O)[Ga])C1. The molecular formula is C7H12GaNO. The maximum atomic E-state index is 11.0. The summed E-state index contributed by atoms with van der Waals surface area (Å²) >= 11 is 1.21. The first-order chi connectivity index (χ1) is 5.24. The van der Waals surface area contributed by atoms with E-state index in [0.717, 1.165) is 25.9 Å². The minimum absolute atomic E-state index is 0.231. The quantitative estimate of drug-likeness (QED) is 0.553. The summed E-state index contributed by atoms with van der Waals surface area (Å²) in [5.41, 5.74) is 0. The zero-order valence-electron chi connectivity index (χ0n) is 7.05. The van der Waals surface area contributed by atoms with Crippen LogP contribution in [0.25, 0.3) is 0 Å². The summed E-state index contributed by atoms with van der Waals surface area (Å²) in [6.07, 6.45) is 2.12. The standard InChI is InChI=1S/C7H12NO.Ga/c1-8-4-2-3-7(5-8)6-9;/h7H,2-5H2,1H3;/i1T;. The Morgan fingerprint density at radius 1 is 1.90 bits per heavy atom. The van der Waals surface area contributed by atoms with Crippen molar-refractivity contribution in [1.29, 1.82) is 0 Å². The number of rotatable bonds is 1. The van der Waals surface area contributed by atoms with Crippen LogP contribution in [0.2, 0.25) is 0 Å². The first kappa shape index (κ1) is 6.94. The van der Waals surface area contributed by atoms with E-state index in [1.165, 1.54) is 18.6 Å². The monoisotopic (exact) mass is 197 g/mol. The number of piperidine rings is 1. The summed E-state index contributed by atoms with van der Waals surface area (Å²) in [5.74, 6) is 0.231. The minimum atomic E-state index is 0.231. The third-order valence-corrected chi connectivity index (χ3v) is 2.90. The molecule has 1 aliphatic heterocycles. The molecule has 3 heteroatoms. The van der Waals surface area contributed by atoms with Crippen molar-refractivity contribution < 1.29 is 6.17 Å². The van der Waals surface area contributed by atoms with E-state index >= 15 is 0 Å². The summed E-state index contributed by atoms with van der Waals surface area (Å²) < 4.78 is 7.49. The zero-order valence-corrected chi connectivity index (χ0v) is 8.47. The third-order valence-electron chi connectivity index (χ3n) is 1.91. The van der Waals surface area contributed by atoms with Gasteiger partial charge in [-0.25, -0.2) is 0 Å². The van der Waals surface area contributed by atoms with Crippen molar-refractivity contribution in [2.45, 2.75) is 12.8 Å². The summed E-state index contributed by atoms with van der Waals surface area (Å²) in [7, 11) is 0.344. The summed E-state index contributed by atoms with van der Waals surface area (Å²) in [5, 5.41) is 0. The Morgan fingerprint density at radius 3 is 3.30 bits per heavy atom. The Morgan fingerprint density at radius 2 is 2.70 bits per heavy atom. The van der Waals surface area contributed by atoms with Crippen LogP contribution in [0.3, 0.4) is 0 Å². The molecular weight excluding hydrogens is 184 g/mol. The molecule has 0 spiro atoms. The van der Waals surface area contributed by atoms with E-state index in [-0.39, 0.29) is 5.92 Å². The van der Waals surface area contributed by atoms with Gasteiger partial charge in [-0.1, -0.05) is 0 Å². The van der Waals surface area contributed by atoms with Crippen LogP contribution in [0.5, 0.6) is 0 Å². The fourth-order valence-corrected chi connectivity index (χ4v) is 1.86. The molecule has 0 aromatic carbocycles. The van der Waals surface area contributed by atoms with E-state index < -0.39 is 0 Å². The van der Waals surface area contributed by atoms with E-state index in [9.17, 15) is 4.79 Å². The van der Waals surface area contributed by atoms with Gasteiger partial charge in [-0.15, -0.1) is 0 Å². The van der Waals surface area contributed by atoms with Crippen LogP contribution in [-0.4, -0.2) is 48.0 Å². The molecule has 0 aromatic heterocycles. The second-order valence-electron chi connectivity index (χ2n) is 2.82. The molecule has 0 aliphatic carbocycles. The van der Waals surface area contributed by atoms with Crippen molar-refractivity contribution in [3.63, 3.8) is 0 Å². The molecule has 2 radical (unpaired) electrons. The molecule has 0 amide bonds. The Bertz CT molecular complexity index is 153. The van der Waals surface area contributed by atoms with Crippen LogP contribution in [0.1, 0.15) is 14.2 Å². The van der Waals surface area contributed by atoms with Gasteiger partial charge >= 0.3 is 72.9 Å². The van der Waals surface area contributed by atoms with Gasteiger partial charge in [0.15, 0.2) is 0 Å². The Balaban J connectivity index is 2.39. The van der Waals surface area contributed by atoms with Crippen molar-refractivity contribution in [3.05, 3.63) is 0 Å². The van der Waals surface area contributed by atoms with Gasteiger partial charge < -0.3 is 0 Å². The predicted octanol–water partition coefficient (Wildman–Crippen LogP) is 0.0233. The fraction of sp³-hybridized carbons (Fsp3) is 0.857. The fourth-order valence-electron chi connectivity index (χ4n) is 1.29. The number of carbonyl (C=O) groups excluding carboxylic acids is 1. The van der Waals surface area contributed by atoms with Gasteiger partial charge in [0, 0.05) is 0 Å². The average molecular weight is 198 g/mol. The normalized spacial score (nSPS) is 29.6. The first-order valence-corrected chi connectivity index (χ1v) is 4.76. The van der Waals surface area contributed by atoms with Gasteiger partial charge in [-0.3, -0.25) is 0 Å². The van der Waals surface area contributed by atoms with Gasteiger partial charge in [-0.05, 0) is 0 Å². The van der Waals surface area contributed by atoms with E-state index in [2.05, 4.69) is 0 Å². The molecule has 10 heavy (non-hydrogen) atoms. The second kappa shape index (κ2) is 3.60. The van der Waals surface area contributed by atoms with E-state index in [0.29, 0.717) is 11.4 Å². The molecule has 0 aromatic rings. The molecule has 1 aliphatic rings. The Hall–Kier alpha value is 0.266. The van der Waals surface area contributed by atoms with Gasteiger partial charge in [0.25, 0.3) is 0 Å². The number of nitrogens with zero attached hydrogens (tertiary/aromatic N) is 1. The van der Waals surface area contributed by atoms with Crippen LogP contribution >= 0.6 is 0 Å². The molecule has 1 saturated heterocycles. The third kappa shape index (κ3) is 2.14. The second-order valence-corrected chi connectivity index (χ2v) is 4.01. The van der Waals surface area contributed by atoms with Gasteiger partial charge in [0.1, 0.15) is 0 Å². The van der Waals surface area contributed by atoms with Crippen LogP contribution < -0.4 is 0 Å². The molecule has 2 nitrogen and oxygen atoms in total. The molecule has 1 heterocycles. The van der Waals surface area contributed by atoms with Crippen LogP contribution in [0, 0.1) is 5.92 Å². The first-order valence-electron chi connectivity index (χ1n) is 4.25. The van der Waals surface area contributed by atoms with Gasteiger partial charge in [0.2, 0.25) is 0 Å². The van der Waals surface area contributed by atoms with Crippen molar-refractivity contribution >= 4 is 22.9 Å². The van der Waals surface area contributed by atoms with Crippen LogP contribution in [-0.2, 0) is 4.79 Å². The van der Waals surface area contributed by atoms with E-state index in [4.69, 9.17) is 1.37 Å². The Kier molecular flexibility index (Phi) is 2.50. The Labute approximate surface area is 73.3 Å². The van der Waals surface area contributed by atoms with Gasteiger partial charge in [-0.2, -0.15) is 0 Å². The van der Waals surface area contributed by atoms with Crippen LogP contribution in [0.4, 0.5) is 0 Å². The van der Waals surface area contributed by atoms with Crippen molar-refractivity contribution in [3.8, 4) is 0 Å². The number of likely N-dealkylation sites (tertiary alicyclic amines) is 1. The zero-order chi connectivity index (χ0) is 8.27. The van der Waals surface area contributed by atoms with Crippen LogP contribution in [0.15, 0.2) is 0 Å². The molecule has 0 saturated carbocycles. The van der Waals surface area contributed by atoms with Crippen molar-refractivity contribution in [1.82, 2.24) is 4.90 Å². The van der Waals surface area contributed by atoms with Gasteiger partial charge in [0.05, 0.1) is 0 Å². The van der Waals surface area contributed by atoms with E-state index in [1.807, 2.05) is 4.90 Å².